The molecule has 0 aromatic heterocycles. The van der Waals surface area contributed by atoms with E-state index in [4.69, 9.17) is 19.7 Å². The Morgan fingerprint density at radius 1 is 0.714 bits per heavy atom. The van der Waals surface area contributed by atoms with Crippen molar-refractivity contribution in [2.45, 2.75) is 44.2 Å². The number of ether oxygens (including phenoxy) is 3. The molecule has 0 saturated carbocycles. The monoisotopic (exact) mass is 477 g/mol. The van der Waals surface area contributed by atoms with Crippen LogP contribution in [0.1, 0.15) is 16.7 Å². The van der Waals surface area contributed by atoms with Crippen molar-refractivity contribution in [3.05, 3.63) is 118 Å². The minimum Gasteiger partial charge on any atom is -0.396 e. The fourth-order valence-electron chi connectivity index (χ4n) is 3.62. The minimum atomic E-state index is -1.11. The fraction of sp³-hybridized carbons (Fsp3) is 0.333. The first kappa shape index (κ1) is 26.4. The summed E-state index contributed by atoms with van der Waals surface area (Å²) in [6.45, 7) is 0.200. The smallest absolute Gasteiger partial charge is 0.113 e. The number of aliphatic hydroxyl groups is 2. The molecule has 2 N–H and O–H groups in total. The van der Waals surface area contributed by atoms with Crippen LogP contribution >= 0.6 is 0 Å². The van der Waals surface area contributed by atoms with Crippen LogP contribution in [0, 0.1) is 0 Å². The molecule has 4 atom stereocenters. The Labute approximate surface area is 205 Å². The van der Waals surface area contributed by atoms with E-state index in [1.54, 1.807) is 0 Å². The SMILES string of the molecule is [N-]=[N+]=N[C@@H](CO)[C@@H](OCc1ccccc1)[C@@H](OCc1ccccc1)[C@H](O)COCc1ccccc1. The summed E-state index contributed by atoms with van der Waals surface area (Å²) in [4.78, 5) is 2.86. The zero-order valence-electron chi connectivity index (χ0n) is 19.5. The lowest BCUT2D eigenvalue weighted by Gasteiger charge is -2.34. The van der Waals surface area contributed by atoms with Crippen LogP contribution < -0.4 is 0 Å². The molecule has 0 fully saturated rings. The summed E-state index contributed by atoms with van der Waals surface area (Å²) >= 11 is 0. The second-order valence-electron chi connectivity index (χ2n) is 8.05. The normalized spacial score (nSPS) is 14.5. The molecule has 0 heterocycles. The van der Waals surface area contributed by atoms with Gasteiger partial charge in [0, 0.05) is 4.91 Å². The van der Waals surface area contributed by atoms with Gasteiger partial charge in [-0.1, -0.05) is 96.1 Å². The number of azide groups is 1. The van der Waals surface area contributed by atoms with Crippen molar-refractivity contribution in [1.82, 2.24) is 0 Å². The molecule has 0 aliphatic rings. The predicted octanol–water partition coefficient (Wildman–Crippen LogP) is 4.41. The van der Waals surface area contributed by atoms with Gasteiger partial charge in [0.1, 0.15) is 12.2 Å². The van der Waals surface area contributed by atoms with Crippen molar-refractivity contribution in [2.75, 3.05) is 13.2 Å². The second-order valence-corrected chi connectivity index (χ2v) is 8.05. The van der Waals surface area contributed by atoms with Gasteiger partial charge in [0.25, 0.3) is 0 Å². The molecule has 35 heavy (non-hydrogen) atoms. The Morgan fingerprint density at radius 2 is 1.17 bits per heavy atom. The molecule has 3 aromatic carbocycles. The van der Waals surface area contributed by atoms with Crippen LogP contribution in [0.2, 0.25) is 0 Å². The Kier molecular flexibility index (Phi) is 11.2. The Balaban J connectivity index is 1.77. The Hall–Kier alpha value is -3.23. The van der Waals surface area contributed by atoms with Gasteiger partial charge in [0.05, 0.1) is 45.2 Å². The molecule has 184 valence electrons. The van der Waals surface area contributed by atoms with Crippen LogP contribution in [0.25, 0.3) is 10.4 Å². The summed E-state index contributed by atoms with van der Waals surface area (Å²) in [6, 6.07) is 27.7. The molecule has 0 unspecified atom stereocenters. The third-order valence-corrected chi connectivity index (χ3v) is 5.44. The molecule has 0 aliphatic carbocycles. The molecule has 8 nitrogen and oxygen atoms in total. The number of nitrogens with zero attached hydrogens (tertiary/aromatic N) is 3. The van der Waals surface area contributed by atoms with Gasteiger partial charge in [-0.05, 0) is 22.2 Å². The van der Waals surface area contributed by atoms with E-state index in [2.05, 4.69) is 10.0 Å². The number of rotatable bonds is 15. The number of hydrogen-bond acceptors (Lipinski definition) is 6. The van der Waals surface area contributed by atoms with E-state index in [0.29, 0.717) is 6.61 Å². The van der Waals surface area contributed by atoms with Gasteiger partial charge in [-0.15, -0.1) is 0 Å². The zero-order chi connectivity index (χ0) is 24.7. The molecular weight excluding hydrogens is 446 g/mol. The predicted molar refractivity (Wildman–Crippen MR) is 132 cm³/mol. The summed E-state index contributed by atoms with van der Waals surface area (Å²) in [5.41, 5.74) is 11.8. The lowest BCUT2D eigenvalue weighted by Crippen LogP contribution is -2.49. The Morgan fingerprint density at radius 3 is 1.63 bits per heavy atom. The van der Waals surface area contributed by atoms with E-state index in [1.807, 2.05) is 91.0 Å². The molecule has 0 bridgehead atoms. The summed E-state index contributed by atoms with van der Waals surface area (Å²) < 4.78 is 18.0. The highest BCUT2D eigenvalue weighted by Crippen LogP contribution is 2.20. The number of hydrogen-bond donors (Lipinski definition) is 2. The van der Waals surface area contributed by atoms with Crippen molar-refractivity contribution < 1.29 is 24.4 Å². The van der Waals surface area contributed by atoms with Crippen molar-refractivity contribution in [2.24, 2.45) is 5.11 Å². The molecule has 0 aliphatic heterocycles. The number of aliphatic hydroxyl groups excluding tert-OH is 2. The second kappa shape index (κ2) is 14.9. The maximum Gasteiger partial charge on any atom is 0.113 e. The molecule has 0 amide bonds. The van der Waals surface area contributed by atoms with Gasteiger partial charge in [0.2, 0.25) is 0 Å². The molecule has 3 rings (SSSR count). The zero-order valence-corrected chi connectivity index (χ0v) is 19.5. The van der Waals surface area contributed by atoms with Crippen molar-refractivity contribution in [3.63, 3.8) is 0 Å². The largest absolute Gasteiger partial charge is 0.396 e. The average Bonchev–Trinajstić information content (AvgIpc) is 2.91. The van der Waals surface area contributed by atoms with E-state index in [1.165, 1.54) is 0 Å². The van der Waals surface area contributed by atoms with Gasteiger partial charge in [-0.3, -0.25) is 0 Å². The van der Waals surface area contributed by atoms with Gasteiger partial charge in [-0.25, -0.2) is 0 Å². The van der Waals surface area contributed by atoms with E-state index in [-0.39, 0.29) is 19.8 Å². The van der Waals surface area contributed by atoms with E-state index in [9.17, 15) is 10.2 Å². The Bertz CT molecular complexity index is 1020. The highest BCUT2D eigenvalue weighted by Gasteiger charge is 2.36. The highest BCUT2D eigenvalue weighted by atomic mass is 16.6. The maximum absolute atomic E-state index is 11.1. The summed E-state index contributed by atoms with van der Waals surface area (Å²) in [6.07, 6.45) is -2.96. The summed E-state index contributed by atoms with van der Waals surface area (Å²) in [5.74, 6) is 0. The van der Waals surface area contributed by atoms with Crippen molar-refractivity contribution >= 4 is 0 Å². The average molecular weight is 478 g/mol. The van der Waals surface area contributed by atoms with Crippen LogP contribution in [-0.4, -0.2) is 47.8 Å². The maximum atomic E-state index is 11.1. The lowest BCUT2D eigenvalue weighted by molar-refractivity contribution is -0.156. The van der Waals surface area contributed by atoms with Gasteiger partial charge < -0.3 is 24.4 Å². The standard InChI is InChI=1S/C27H31N3O5/c28-30-29-24(16-31)26(34-18-22-12-6-2-7-13-22)27(35-19-23-14-8-3-9-15-23)25(32)20-33-17-21-10-4-1-5-11-21/h1-15,24-27,31-32H,16-20H2/t24-,25+,26+,27-/m0/s1. The lowest BCUT2D eigenvalue weighted by atomic mass is 10.0. The first-order valence-electron chi connectivity index (χ1n) is 11.5. The third kappa shape index (κ3) is 8.81. The van der Waals surface area contributed by atoms with Crippen LogP contribution in [0.3, 0.4) is 0 Å². The molecule has 0 spiro atoms. The van der Waals surface area contributed by atoms with Gasteiger partial charge >= 0.3 is 0 Å². The molecule has 3 aromatic rings. The van der Waals surface area contributed by atoms with Crippen molar-refractivity contribution in [1.29, 1.82) is 0 Å². The first-order chi connectivity index (χ1) is 17.2. The van der Waals surface area contributed by atoms with Crippen LogP contribution in [0.5, 0.6) is 0 Å². The fourth-order valence-corrected chi connectivity index (χ4v) is 3.62. The van der Waals surface area contributed by atoms with Crippen LogP contribution in [-0.2, 0) is 34.0 Å². The van der Waals surface area contributed by atoms with Gasteiger partial charge in [0.15, 0.2) is 0 Å². The van der Waals surface area contributed by atoms with Crippen LogP contribution in [0.15, 0.2) is 96.1 Å². The van der Waals surface area contributed by atoms with Crippen LogP contribution in [0.4, 0.5) is 0 Å². The topological polar surface area (TPSA) is 117 Å². The summed E-state index contributed by atoms with van der Waals surface area (Å²) in [5, 5.41) is 24.8. The highest BCUT2D eigenvalue weighted by molar-refractivity contribution is 5.15. The quantitative estimate of drug-likeness (QED) is 0.191. The van der Waals surface area contributed by atoms with E-state index >= 15 is 0 Å². The molecule has 0 radical (unpaired) electrons. The molecule has 0 saturated heterocycles. The van der Waals surface area contributed by atoms with Gasteiger partial charge in [-0.2, -0.15) is 0 Å². The van der Waals surface area contributed by atoms with E-state index in [0.717, 1.165) is 16.7 Å². The molecule has 8 heteroatoms. The summed E-state index contributed by atoms with van der Waals surface area (Å²) in [7, 11) is 0. The minimum absolute atomic E-state index is 0.0338. The van der Waals surface area contributed by atoms with E-state index < -0.39 is 31.0 Å². The third-order valence-electron chi connectivity index (χ3n) is 5.44. The molecular formula is C27H31N3O5. The first-order valence-corrected chi connectivity index (χ1v) is 11.5. The van der Waals surface area contributed by atoms with Crippen molar-refractivity contribution in [3.8, 4) is 0 Å². The number of benzene rings is 3.